The molecule has 0 aromatic rings. The Labute approximate surface area is 97.5 Å². The van der Waals surface area contributed by atoms with E-state index in [9.17, 15) is 24.5 Å². The molecule has 0 aromatic heterocycles. The van der Waals surface area contributed by atoms with E-state index >= 15 is 0 Å². The van der Waals surface area contributed by atoms with Crippen LogP contribution in [-0.4, -0.2) is 56.7 Å². The number of hydrogen-bond acceptors (Lipinski definition) is 6. The van der Waals surface area contributed by atoms with Gasteiger partial charge in [-0.15, -0.1) is 0 Å². The van der Waals surface area contributed by atoms with E-state index in [-0.39, 0.29) is 12.8 Å². The monoisotopic (exact) mass is 269 g/mol. The summed E-state index contributed by atoms with van der Waals surface area (Å²) >= 11 is 0. The number of rotatable bonds is 3. The summed E-state index contributed by atoms with van der Waals surface area (Å²) in [5, 5.41) is 25.8. The summed E-state index contributed by atoms with van der Waals surface area (Å²) in [5.74, 6) is -1.62. The van der Waals surface area contributed by atoms with Crippen LogP contribution in [-0.2, 0) is 13.9 Å². The van der Waals surface area contributed by atoms with Crippen LogP contribution in [0, 0.1) is 0 Å². The Hall–Kier alpha value is -0.500. The Morgan fingerprint density at radius 2 is 2.06 bits per heavy atom. The van der Waals surface area contributed by atoms with Crippen LogP contribution in [0.3, 0.4) is 0 Å². The zero-order chi connectivity index (χ0) is 13.4. The Bertz CT molecular complexity index is 362. The highest BCUT2D eigenvalue weighted by atomic mass is 31.2. The maximum absolute atomic E-state index is 11.8. The SMILES string of the molecule is COP(=O)(O)[C@]1(C(=O)O)CC[C@@H](O)[C@H](O)[C@H]1N. The van der Waals surface area contributed by atoms with Gasteiger partial charge >= 0.3 is 13.6 Å². The van der Waals surface area contributed by atoms with Crippen molar-refractivity contribution in [3.8, 4) is 0 Å². The molecule has 5 atom stereocenters. The minimum Gasteiger partial charge on any atom is -0.480 e. The number of aliphatic hydroxyl groups is 2. The molecule has 1 aliphatic carbocycles. The minimum atomic E-state index is -4.55. The summed E-state index contributed by atoms with van der Waals surface area (Å²) in [7, 11) is -3.65. The number of carbonyl (C=O) groups is 1. The van der Waals surface area contributed by atoms with E-state index in [1.54, 1.807) is 0 Å². The van der Waals surface area contributed by atoms with Crippen molar-refractivity contribution >= 4 is 13.6 Å². The first-order valence-corrected chi connectivity index (χ1v) is 6.52. The maximum Gasteiger partial charge on any atom is 0.346 e. The first kappa shape index (κ1) is 14.6. The van der Waals surface area contributed by atoms with E-state index in [1.165, 1.54) is 0 Å². The van der Waals surface area contributed by atoms with Gasteiger partial charge in [-0.05, 0) is 12.8 Å². The lowest BCUT2D eigenvalue weighted by molar-refractivity contribution is -0.146. The van der Waals surface area contributed by atoms with Crippen molar-refractivity contribution in [2.45, 2.75) is 36.2 Å². The van der Waals surface area contributed by atoms with Crippen molar-refractivity contribution in [1.82, 2.24) is 0 Å². The molecule has 0 bridgehead atoms. The standard InChI is InChI=1S/C8H16NO7P/c1-16-17(14,15)8(7(12)13)3-2-4(10)5(11)6(8)9/h4-6,10-11H,2-3,9H2,1H3,(H,12,13)(H,14,15)/t4-,5+,6-,8-/m1/s1. The number of hydrogen-bond donors (Lipinski definition) is 5. The van der Waals surface area contributed by atoms with E-state index in [4.69, 9.17) is 10.8 Å². The molecule has 6 N–H and O–H groups in total. The molecule has 100 valence electrons. The highest BCUT2D eigenvalue weighted by Crippen LogP contribution is 2.60. The molecule has 0 saturated heterocycles. The number of aliphatic hydroxyl groups excluding tert-OH is 2. The summed E-state index contributed by atoms with van der Waals surface area (Å²) in [6.07, 6.45) is -3.29. The Balaban J connectivity index is 3.27. The molecule has 1 unspecified atom stereocenters. The molecule has 0 spiro atoms. The van der Waals surface area contributed by atoms with Gasteiger partial charge in [-0.2, -0.15) is 0 Å². The largest absolute Gasteiger partial charge is 0.480 e. The molecule has 1 rings (SSSR count). The minimum absolute atomic E-state index is 0.144. The molecule has 0 heterocycles. The molecule has 0 radical (unpaired) electrons. The van der Waals surface area contributed by atoms with Crippen LogP contribution in [0.4, 0.5) is 0 Å². The van der Waals surface area contributed by atoms with Crippen LogP contribution in [0.1, 0.15) is 12.8 Å². The fourth-order valence-electron chi connectivity index (χ4n) is 2.09. The van der Waals surface area contributed by atoms with Gasteiger partial charge in [0.25, 0.3) is 0 Å². The third-order valence-corrected chi connectivity index (χ3v) is 5.47. The molecule has 1 saturated carbocycles. The molecular weight excluding hydrogens is 253 g/mol. The van der Waals surface area contributed by atoms with Gasteiger partial charge in [0, 0.05) is 7.11 Å². The van der Waals surface area contributed by atoms with Crippen LogP contribution >= 0.6 is 7.60 Å². The van der Waals surface area contributed by atoms with E-state index in [2.05, 4.69) is 4.52 Å². The third kappa shape index (κ3) is 2.01. The smallest absolute Gasteiger partial charge is 0.346 e. The molecule has 0 aliphatic heterocycles. The number of aliphatic carboxylic acids is 1. The van der Waals surface area contributed by atoms with Crippen LogP contribution in [0.15, 0.2) is 0 Å². The van der Waals surface area contributed by atoms with Gasteiger partial charge < -0.3 is 30.5 Å². The normalized spacial score (nSPS) is 41.8. The summed E-state index contributed by atoms with van der Waals surface area (Å²) in [6, 6.07) is -1.58. The summed E-state index contributed by atoms with van der Waals surface area (Å²) in [5.41, 5.74) is 5.51. The molecule has 17 heavy (non-hydrogen) atoms. The Morgan fingerprint density at radius 1 is 1.53 bits per heavy atom. The molecule has 0 aromatic carbocycles. The van der Waals surface area contributed by atoms with Crippen LogP contribution in [0.25, 0.3) is 0 Å². The van der Waals surface area contributed by atoms with Crippen molar-refractivity contribution in [2.75, 3.05) is 7.11 Å². The van der Waals surface area contributed by atoms with Gasteiger partial charge in [-0.1, -0.05) is 0 Å². The summed E-state index contributed by atoms with van der Waals surface area (Å²) in [6.45, 7) is 0. The number of carboxylic acid groups (broad SMARTS) is 1. The second-order valence-corrected chi connectivity index (χ2v) is 6.26. The molecule has 0 amide bonds. The Kier molecular flexibility index (Phi) is 3.97. The molecule has 1 fully saturated rings. The quantitative estimate of drug-likeness (QED) is 0.388. The van der Waals surface area contributed by atoms with Gasteiger partial charge in [-0.3, -0.25) is 9.36 Å². The zero-order valence-corrected chi connectivity index (χ0v) is 10.1. The van der Waals surface area contributed by atoms with E-state index in [0.717, 1.165) is 7.11 Å². The lowest BCUT2D eigenvalue weighted by Crippen LogP contribution is -2.64. The van der Waals surface area contributed by atoms with Crippen molar-refractivity contribution in [3.63, 3.8) is 0 Å². The van der Waals surface area contributed by atoms with Gasteiger partial charge in [0.2, 0.25) is 0 Å². The van der Waals surface area contributed by atoms with Crippen molar-refractivity contribution in [2.24, 2.45) is 5.73 Å². The summed E-state index contributed by atoms with van der Waals surface area (Å²) in [4.78, 5) is 20.9. The van der Waals surface area contributed by atoms with Gasteiger partial charge in [0.05, 0.1) is 18.2 Å². The third-order valence-electron chi connectivity index (χ3n) is 3.26. The van der Waals surface area contributed by atoms with Crippen LogP contribution < -0.4 is 5.73 Å². The zero-order valence-electron chi connectivity index (χ0n) is 9.18. The topological polar surface area (TPSA) is 150 Å². The molecule has 9 heteroatoms. The Morgan fingerprint density at radius 3 is 2.47 bits per heavy atom. The van der Waals surface area contributed by atoms with Crippen LogP contribution in [0.2, 0.25) is 0 Å². The fraction of sp³-hybridized carbons (Fsp3) is 0.875. The lowest BCUT2D eigenvalue weighted by Gasteiger charge is -2.44. The number of carboxylic acids is 1. The van der Waals surface area contributed by atoms with Crippen LogP contribution in [0.5, 0.6) is 0 Å². The maximum atomic E-state index is 11.8. The lowest BCUT2D eigenvalue weighted by atomic mass is 9.80. The fourth-order valence-corrected chi connectivity index (χ4v) is 3.60. The molecule has 8 nitrogen and oxygen atoms in total. The average molecular weight is 269 g/mol. The van der Waals surface area contributed by atoms with E-state index in [0.29, 0.717) is 0 Å². The first-order valence-electron chi connectivity index (χ1n) is 4.94. The van der Waals surface area contributed by atoms with Crippen molar-refractivity contribution in [3.05, 3.63) is 0 Å². The number of nitrogens with two attached hydrogens (primary N) is 1. The summed E-state index contributed by atoms with van der Waals surface area (Å²) < 4.78 is 16.2. The van der Waals surface area contributed by atoms with E-state index in [1.807, 2.05) is 0 Å². The second kappa shape index (κ2) is 4.64. The molecule has 1 aliphatic rings. The first-order chi connectivity index (χ1) is 7.70. The average Bonchev–Trinajstić information content (AvgIpc) is 2.25. The highest BCUT2D eigenvalue weighted by molar-refractivity contribution is 7.55. The molecular formula is C8H16NO7P. The van der Waals surface area contributed by atoms with Gasteiger partial charge in [0.15, 0.2) is 5.16 Å². The van der Waals surface area contributed by atoms with Gasteiger partial charge in [-0.25, -0.2) is 0 Å². The van der Waals surface area contributed by atoms with Gasteiger partial charge in [0.1, 0.15) is 0 Å². The van der Waals surface area contributed by atoms with Crippen molar-refractivity contribution < 1.29 is 34.1 Å². The van der Waals surface area contributed by atoms with Crippen molar-refractivity contribution in [1.29, 1.82) is 0 Å². The highest BCUT2D eigenvalue weighted by Gasteiger charge is 2.63. The second-order valence-electron chi connectivity index (χ2n) is 4.05. The predicted octanol–water partition coefficient (Wildman–Crippen LogP) is -1.52. The van der Waals surface area contributed by atoms with E-state index < -0.39 is 37.0 Å². The predicted molar refractivity (Wildman–Crippen MR) is 56.4 cm³/mol.